The summed E-state index contributed by atoms with van der Waals surface area (Å²) in [5.74, 6) is 1.97. The van der Waals surface area contributed by atoms with Gasteiger partial charge in [0.05, 0.1) is 12.0 Å². The number of rotatable bonds is 7. The van der Waals surface area contributed by atoms with E-state index in [1.165, 1.54) is 16.7 Å². The van der Waals surface area contributed by atoms with Crippen LogP contribution in [0, 0.1) is 6.92 Å². The van der Waals surface area contributed by atoms with Crippen molar-refractivity contribution in [1.29, 1.82) is 0 Å². The monoisotopic (exact) mass is 415 g/mol. The molecule has 7 heteroatoms. The van der Waals surface area contributed by atoms with E-state index in [-0.39, 0.29) is 5.91 Å². The number of carbonyl (C=O) groups excluding carboxylic acids is 1. The molecule has 1 fully saturated rings. The Hall–Kier alpha value is -2.51. The number of carbonyl (C=O) groups is 1. The van der Waals surface area contributed by atoms with Crippen molar-refractivity contribution in [3.63, 3.8) is 0 Å². The molecule has 0 spiro atoms. The number of methoxy groups -OCH3 is 1. The molecule has 1 aliphatic heterocycles. The van der Waals surface area contributed by atoms with E-state index in [2.05, 4.69) is 0 Å². The van der Waals surface area contributed by atoms with Gasteiger partial charge in [-0.2, -0.15) is 0 Å². The summed E-state index contributed by atoms with van der Waals surface area (Å²) in [7, 11) is 3.26. The summed E-state index contributed by atoms with van der Waals surface area (Å²) in [5, 5.41) is 0. The Morgan fingerprint density at radius 1 is 1.07 bits per heavy atom. The van der Waals surface area contributed by atoms with E-state index in [1.807, 2.05) is 49.4 Å². The minimum absolute atomic E-state index is 0.0948. The lowest BCUT2D eigenvalue weighted by Crippen LogP contribution is -2.22. The van der Waals surface area contributed by atoms with Crippen LogP contribution in [-0.2, 0) is 4.79 Å². The van der Waals surface area contributed by atoms with Gasteiger partial charge in [-0.1, -0.05) is 48.2 Å². The van der Waals surface area contributed by atoms with Gasteiger partial charge in [0, 0.05) is 7.05 Å². The topological polar surface area (TPSA) is 48.0 Å². The molecule has 1 saturated heterocycles. The summed E-state index contributed by atoms with van der Waals surface area (Å²) in [6.07, 6.45) is 1.80. The first kappa shape index (κ1) is 20.2. The van der Waals surface area contributed by atoms with Crippen molar-refractivity contribution in [2.75, 3.05) is 27.4 Å². The van der Waals surface area contributed by atoms with Crippen molar-refractivity contribution < 1.29 is 19.0 Å². The van der Waals surface area contributed by atoms with Crippen LogP contribution < -0.4 is 14.2 Å². The standard InChI is InChI=1S/C21H21NO4S2/c1-14-6-4-5-7-16(14)25-10-11-26-17-9-8-15(12-18(17)24-3)13-19-20(23)22(2)21(27)28-19/h4-9,12-13H,10-11H2,1-3H3/b19-13+. The number of thiocarbonyl (C=S) groups is 1. The van der Waals surface area contributed by atoms with Crippen molar-refractivity contribution in [2.45, 2.75) is 6.92 Å². The van der Waals surface area contributed by atoms with Crippen LogP contribution in [0.15, 0.2) is 47.4 Å². The van der Waals surface area contributed by atoms with E-state index < -0.39 is 0 Å². The van der Waals surface area contributed by atoms with Gasteiger partial charge in [0.1, 0.15) is 23.3 Å². The van der Waals surface area contributed by atoms with Crippen LogP contribution in [0.4, 0.5) is 0 Å². The van der Waals surface area contributed by atoms with Gasteiger partial charge in [0.2, 0.25) is 0 Å². The van der Waals surface area contributed by atoms with Crippen molar-refractivity contribution in [3.8, 4) is 17.2 Å². The van der Waals surface area contributed by atoms with Gasteiger partial charge in [-0.15, -0.1) is 0 Å². The highest BCUT2D eigenvalue weighted by Gasteiger charge is 2.28. The largest absolute Gasteiger partial charge is 0.493 e. The second-order valence-corrected chi connectivity index (χ2v) is 7.79. The minimum Gasteiger partial charge on any atom is -0.493 e. The number of benzene rings is 2. The molecule has 0 bridgehead atoms. The first-order chi connectivity index (χ1) is 13.5. The van der Waals surface area contributed by atoms with Crippen LogP contribution in [0.2, 0.25) is 0 Å². The Morgan fingerprint density at radius 2 is 1.79 bits per heavy atom. The highest BCUT2D eigenvalue weighted by Crippen LogP contribution is 2.34. The average molecular weight is 416 g/mol. The second-order valence-electron chi connectivity index (χ2n) is 6.11. The zero-order valence-electron chi connectivity index (χ0n) is 15.9. The van der Waals surface area contributed by atoms with Crippen LogP contribution >= 0.6 is 24.0 Å². The van der Waals surface area contributed by atoms with Crippen LogP contribution in [-0.4, -0.2) is 42.5 Å². The summed E-state index contributed by atoms with van der Waals surface area (Å²) < 4.78 is 17.5. The van der Waals surface area contributed by atoms with E-state index in [4.69, 9.17) is 26.4 Å². The van der Waals surface area contributed by atoms with Gasteiger partial charge in [-0.05, 0) is 42.3 Å². The Kier molecular flexibility index (Phi) is 6.59. The number of hydrogen-bond acceptors (Lipinski definition) is 6. The molecule has 0 saturated carbocycles. The molecule has 146 valence electrons. The number of likely N-dealkylation sites (N-methyl/N-ethyl adjacent to an activating group) is 1. The predicted molar refractivity (Wildman–Crippen MR) is 116 cm³/mol. The van der Waals surface area contributed by atoms with Gasteiger partial charge in [0.15, 0.2) is 11.5 Å². The van der Waals surface area contributed by atoms with E-state index in [0.29, 0.717) is 33.9 Å². The maximum atomic E-state index is 12.1. The SMILES string of the molecule is COc1cc(/C=C2/SC(=S)N(C)C2=O)ccc1OCCOc1ccccc1C. The lowest BCUT2D eigenvalue weighted by atomic mass is 10.2. The number of amides is 1. The molecule has 0 N–H and O–H groups in total. The summed E-state index contributed by atoms with van der Waals surface area (Å²) in [4.78, 5) is 14.2. The zero-order chi connectivity index (χ0) is 20.1. The van der Waals surface area contributed by atoms with Crippen LogP contribution in [0.1, 0.15) is 11.1 Å². The molecule has 1 heterocycles. The van der Waals surface area contributed by atoms with Crippen LogP contribution in [0.25, 0.3) is 6.08 Å². The first-order valence-corrected chi connectivity index (χ1v) is 9.93. The van der Waals surface area contributed by atoms with Crippen molar-refractivity contribution in [3.05, 3.63) is 58.5 Å². The quantitative estimate of drug-likeness (QED) is 0.382. The van der Waals surface area contributed by atoms with Gasteiger partial charge in [-0.3, -0.25) is 9.69 Å². The molecule has 0 unspecified atom stereocenters. The molecule has 3 rings (SSSR count). The molecule has 28 heavy (non-hydrogen) atoms. The molecule has 0 aliphatic carbocycles. The maximum Gasteiger partial charge on any atom is 0.265 e. The summed E-state index contributed by atoms with van der Waals surface area (Å²) in [6, 6.07) is 13.4. The van der Waals surface area contributed by atoms with E-state index in [1.54, 1.807) is 20.2 Å². The summed E-state index contributed by atoms with van der Waals surface area (Å²) in [6.45, 7) is 2.82. The lowest BCUT2D eigenvalue weighted by molar-refractivity contribution is -0.121. The number of hydrogen-bond donors (Lipinski definition) is 0. The number of nitrogens with zero attached hydrogens (tertiary/aromatic N) is 1. The zero-order valence-corrected chi connectivity index (χ0v) is 17.6. The smallest absolute Gasteiger partial charge is 0.265 e. The molecular formula is C21H21NO4S2. The Morgan fingerprint density at radius 3 is 2.43 bits per heavy atom. The van der Waals surface area contributed by atoms with E-state index >= 15 is 0 Å². The predicted octanol–water partition coefficient (Wildman–Crippen LogP) is 4.29. The van der Waals surface area contributed by atoms with Gasteiger partial charge >= 0.3 is 0 Å². The van der Waals surface area contributed by atoms with Gasteiger partial charge in [0.25, 0.3) is 5.91 Å². The third-order valence-electron chi connectivity index (χ3n) is 4.16. The fraction of sp³-hybridized carbons (Fsp3) is 0.238. The van der Waals surface area contributed by atoms with Gasteiger partial charge < -0.3 is 14.2 Å². The maximum absolute atomic E-state index is 12.1. The highest BCUT2D eigenvalue weighted by atomic mass is 32.2. The Bertz CT molecular complexity index is 926. The van der Waals surface area contributed by atoms with Crippen LogP contribution in [0.3, 0.4) is 0 Å². The van der Waals surface area contributed by atoms with E-state index in [9.17, 15) is 4.79 Å². The number of aryl methyl sites for hydroxylation is 1. The third kappa shape index (κ3) is 4.66. The van der Waals surface area contributed by atoms with Crippen molar-refractivity contribution in [2.24, 2.45) is 0 Å². The van der Waals surface area contributed by atoms with Crippen molar-refractivity contribution in [1.82, 2.24) is 4.90 Å². The number of ether oxygens (including phenoxy) is 3. The molecule has 1 aliphatic rings. The van der Waals surface area contributed by atoms with Gasteiger partial charge in [-0.25, -0.2) is 0 Å². The minimum atomic E-state index is -0.0948. The molecule has 2 aromatic rings. The Balaban J connectivity index is 1.63. The molecule has 5 nitrogen and oxygen atoms in total. The fourth-order valence-corrected chi connectivity index (χ4v) is 3.79. The molecule has 0 atom stereocenters. The lowest BCUT2D eigenvalue weighted by Gasteiger charge is -2.13. The average Bonchev–Trinajstić information content (AvgIpc) is 2.94. The second kappa shape index (κ2) is 9.12. The Labute approximate surface area is 174 Å². The molecule has 1 amide bonds. The molecule has 2 aromatic carbocycles. The summed E-state index contributed by atoms with van der Waals surface area (Å²) >= 11 is 6.45. The fourth-order valence-electron chi connectivity index (χ4n) is 2.61. The normalized spacial score (nSPS) is 15.2. The number of para-hydroxylation sites is 1. The molecule has 0 aromatic heterocycles. The van der Waals surface area contributed by atoms with Crippen molar-refractivity contribution >= 4 is 40.3 Å². The van der Waals surface area contributed by atoms with Crippen LogP contribution in [0.5, 0.6) is 17.2 Å². The third-order valence-corrected chi connectivity index (χ3v) is 5.65. The summed E-state index contributed by atoms with van der Waals surface area (Å²) in [5.41, 5.74) is 1.93. The first-order valence-electron chi connectivity index (χ1n) is 8.70. The number of thioether (sulfide) groups is 1. The molecular weight excluding hydrogens is 394 g/mol. The molecule has 0 radical (unpaired) electrons. The van der Waals surface area contributed by atoms with E-state index in [0.717, 1.165) is 16.9 Å². The highest BCUT2D eigenvalue weighted by molar-refractivity contribution is 8.26.